The number of carbonyl (C=O) groups excluding carboxylic acids is 2. The fourth-order valence-electron chi connectivity index (χ4n) is 4.22. The van der Waals surface area contributed by atoms with Gasteiger partial charge in [-0.2, -0.15) is 4.31 Å². The van der Waals surface area contributed by atoms with E-state index in [1.54, 1.807) is 19.2 Å². The summed E-state index contributed by atoms with van der Waals surface area (Å²) in [5, 5.41) is 5.64. The average Bonchev–Trinajstić information content (AvgIpc) is 2.83. The Balaban J connectivity index is 1.42. The van der Waals surface area contributed by atoms with Crippen molar-refractivity contribution in [2.75, 3.05) is 30.8 Å². The van der Waals surface area contributed by atoms with Crippen LogP contribution in [0.3, 0.4) is 0 Å². The maximum Gasteiger partial charge on any atom is 0.265 e. The summed E-state index contributed by atoms with van der Waals surface area (Å²) in [5.41, 5.74) is 1.94. The lowest BCUT2D eigenvalue weighted by molar-refractivity contribution is -0.123. The van der Waals surface area contributed by atoms with Crippen LogP contribution in [-0.4, -0.2) is 50.8 Å². The van der Waals surface area contributed by atoms with Crippen molar-refractivity contribution in [1.29, 1.82) is 0 Å². The monoisotopic (exact) mass is 487 g/mol. The molecule has 2 aliphatic heterocycles. The lowest BCUT2D eigenvalue weighted by Crippen LogP contribution is -2.41. The molecule has 34 heavy (non-hydrogen) atoms. The third-order valence-electron chi connectivity index (χ3n) is 6.22. The summed E-state index contributed by atoms with van der Waals surface area (Å²) in [6, 6.07) is 10.0. The zero-order chi connectivity index (χ0) is 24.5. The molecule has 4 rings (SSSR count). The van der Waals surface area contributed by atoms with Gasteiger partial charge in [0.15, 0.2) is 6.10 Å². The second-order valence-electron chi connectivity index (χ2n) is 8.53. The van der Waals surface area contributed by atoms with Gasteiger partial charge in [0.1, 0.15) is 11.5 Å². The van der Waals surface area contributed by atoms with Crippen molar-refractivity contribution < 1.29 is 27.5 Å². The zero-order valence-corrected chi connectivity index (χ0v) is 20.3. The molecule has 0 saturated carbocycles. The van der Waals surface area contributed by atoms with Crippen molar-refractivity contribution in [3.8, 4) is 11.5 Å². The first-order valence-corrected chi connectivity index (χ1v) is 12.7. The molecule has 2 heterocycles. The summed E-state index contributed by atoms with van der Waals surface area (Å²) in [6.07, 6.45) is 0.745. The molecule has 2 aliphatic rings. The summed E-state index contributed by atoms with van der Waals surface area (Å²) in [5.74, 6) is 0.278. The second kappa shape index (κ2) is 9.63. The van der Waals surface area contributed by atoms with Crippen LogP contribution in [0.15, 0.2) is 41.3 Å². The summed E-state index contributed by atoms with van der Waals surface area (Å²) >= 11 is 0. The number of amides is 2. The third-order valence-corrected chi connectivity index (χ3v) is 8.11. The van der Waals surface area contributed by atoms with Crippen LogP contribution in [0, 0.1) is 12.8 Å². The van der Waals surface area contributed by atoms with Crippen molar-refractivity contribution in [2.24, 2.45) is 5.92 Å². The van der Waals surface area contributed by atoms with E-state index < -0.39 is 16.1 Å². The van der Waals surface area contributed by atoms with Crippen LogP contribution >= 0.6 is 0 Å². The Hall–Kier alpha value is -3.11. The molecule has 2 amide bonds. The molecule has 2 N–H and O–H groups in total. The molecule has 1 unspecified atom stereocenters. The summed E-state index contributed by atoms with van der Waals surface area (Å²) < 4.78 is 38.8. The molecule has 10 heteroatoms. The number of piperidine rings is 1. The average molecular weight is 488 g/mol. The number of aryl methyl sites for hydroxylation is 1. The van der Waals surface area contributed by atoms with Gasteiger partial charge in [0.05, 0.1) is 23.4 Å². The molecule has 1 fully saturated rings. The number of fused-ring (bicyclic) bond motifs is 1. The zero-order valence-electron chi connectivity index (χ0n) is 19.5. The highest BCUT2D eigenvalue weighted by atomic mass is 32.2. The molecule has 0 bridgehead atoms. The Morgan fingerprint density at radius 1 is 1.21 bits per heavy atom. The van der Waals surface area contributed by atoms with E-state index in [-0.39, 0.29) is 35.7 Å². The Kier molecular flexibility index (Phi) is 6.81. The highest BCUT2D eigenvalue weighted by Gasteiger charge is 2.34. The molecule has 2 aromatic carbocycles. The number of benzene rings is 2. The lowest BCUT2D eigenvalue weighted by atomic mass is 9.97. The van der Waals surface area contributed by atoms with Gasteiger partial charge in [-0.15, -0.1) is 0 Å². The number of hydrogen-bond acceptors (Lipinski definition) is 6. The SMILES string of the molecule is CCC1Oc2ccc(S(=O)(=O)N3CCC(C(=O)Nc4cc(C)ccc4OC)CC3)cc2NC1=O. The minimum atomic E-state index is -3.78. The van der Waals surface area contributed by atoms with Gasteiger partial charge >= 0.3 is 0 Å². The predicted molar refractivity (Wildman–Crippen MR) is 128 cm³/mol. The minimum absolute atomic E-state index is 0.0810. The topological polar surface area (TPSA) is 114 Å². The normalized spacial score (nSPS) is 19.0. The van der Waals surface area contributed by atoms with Crippen LogP contribution in [0.2, 0.25) is 0 Å². The maximum atomic E-state index is 13.2. The number of carbonyl (C=O) groups is 2. The number of nitrogens with zero attached hydrogens (tertiary/aromatic N) is 1. The quantitative estimate of drug-likeness (QED) is 0.647. The number of rotatable bonds is 6. The molecule has 2 aromatic rings. The first-order chi connectivity index (χ1) is 16.2. The predicted octanol–water partition coefficient (Wildman–Crippen LogP) is 3.15. The van der Waals surface area contributed by atoms with Gasteiger partial charge in [0, 0.05) is 19.0 Å². The Bertz CT molecular complexity index is 1210. The van der Waals surface area contributed by atoms with E-state index >= 15 is 0 Å². The van der Waals surface area contributed by atoms with Crippen LogP contribution in [0.1, 0.15) is 31.7 Å². The first kappa shape index (κ1) is 24.0. The van der Waals surface area contributed by atoms with E-state index in [4.69, 9.17) is 9.47 Å². The minimum Gasteiger partial charge on any atom is -0.495 e. The van der Waals surface area contributed by atoms with E-state index in [1.807, 2.05) is 26.0 Å². The fourth-order valence-corrected chi connectivity index (χ4v) is 5.72. The van der Waals surface area contributed by atoms with Crippen molar-refractivity contribution in [1.82, 2.24) is 4.31 Å². The number of anilines is 2. The van der Waals surface area contributed by atoms with Crippen LogP contribution in [0.5, 0.6) is 11.5 Å². The summed E-state index contributed by atoms with van der Waals surface area (Å²) in [6.45, 7) is 4.22. The van der Waals surface area contributed by atoms with Gasteiger partial charge in [-0.25, -0.2) is 8.42 Å². The molecular formula is C24H29N3O6S. The van der Waals surface area contributed by atoms with Crippen LogP contribution < -0.4 is 20.1 Å². The largest absolute Gasteiger partial charge is 0.495 e. The van der Waals surface area contributed by atoms with E-state index in [0.29, 0.717) is 42.1 Å². The molecule has 1 atom stereocenters. The van der Waals surface area contributed by atoms with Gasteiger partial charge in [0.25, 0.3) is 5.91 Å². The highest BCUT2D eigenvalue weighted by molar-refractivity contribution is 7.89. The van der Waals surface area contributed by atoms with Crippen LogP contribution in [-0.2, 0) is 19.6 Å². The van der Waals surface area contributed by atoms with Crippen LogP contribution in [0.25, 0.3) is 0 Å². The number of hydrogen-bond donors (Lipinski definition) is 2. The Morgan fingerprint density at radius 2 is 1.94 bits per heavy atom. The molecule has 0 radical (unpaired) electrons. The van der Waals surface area contributed by atoms with Gasteiger partial charge in [-0.3, -0.25) is 9.59 Å². The van der Waals surface area contributed by atoms with Gasteiger partial charge in [0.2, 0.25) is 15.9 Å². The molecule has 0 aromatic heterocycles. The Labute approximate surface area is 199 Å². The molecule has 0 spiro atoms. The van der Waals surface area contributed by atoms with Crippen molar-refractivity contribution in [3.05, 3.63) is 42.0 Å². The van der Waals surface area contributed by atoms with Crippen molar-refractivity contribution in [3.63, 3.8) is 0 Å². The highest BCUT2D eigenvalue weighted by Crippen LogP contribution is 2.34. The number of ether oxygens (including phenoxy) is 2. The molecule has 0 aliphatic carbocycles. The summed E-state index contributed by atoms with van der Waals surface area (Å²) in [4.78, 5) is 25.0. The van der Waals surface area contributed by atoms with E-state index in [0.717, 1.165) is 5.56 Å². The molecule has 182 valence electrons. The standard InChI is InChI=1S/C24H29N3O6S/c1-4-20-24(29)26-19-14-17(6-8-22(19)33-20)34(30,31)27-11-9-16(10-12-27)23(28)25-18-13-15(2)5-7-21(18)32-3/h5-8,13-14,16,20H,4,9-12H2,1-3H3,(H,25,28)(H,26,29). The first-order valence-electron chi connectivity index (χ1n) is 11.3. The van der Waals surface area contributed by atoms with Crippen molar-refractivity contribution >= 4 is 33.2 Å². The molecular weight excluding hydrogens is 458 g/mol. The van der Waals surface area contributed by atoms with Crippen molar-refractivity contribution in [2.45, 2.75) is 44.1 Å². The molecule has 1 saturated heterocycles. The smallest absolute Gasteiger partial charge is 0.265 e. The van der Waals surface area contributed by atoms with E-state index in [9.17, 15) is 18.0 Å². The maximum absolute atomic E-state index is 13.2. The van der Waals surface area contributed by atoms with Gasteiger partial charge in [-0.05, 0) is 62.1 Å². The van der Waals surface area contributed by atoms with Crippen LogP contribution in [0.4, 0.5) is 11.4 Å². The van der Waals surface area contributed by atoms with E-state index in [2.05, 4.69) is 10.6 Å². The number of sulfonamides is 1. The van der Waals surface area contributed by atoms with E-state index in [1.165, 1.54) is 16.4 Å². The lowest BCUT2D eigenvalue weighted by Gasteiger charge is -2.31. The third kappa shape index (κ3) is 4.74. The van der Waals surface area contributed by atoms with Gasteiger partial charge < -0.3 is 20.1 Å². The number of methoxy groups -OCH3 is 1. The molecule has 9 nitrogen and oxygen atoms in total. The Morgan fingerprint density at radius 3 is 2.62 bits per heavy atom. The second-order valence-corrected chi connectivity index (χ2v) is 10.5. The fraction of sp³-hybridized carbons (Fsp3) is 0.417. The number of nitrogens with one attached hydrogen (secondary N) is 2. The van der Waals surface area contributed by atoms with Gasteiger partial charge in [-0.1, -0.05) is 13.0 Å². The summed E-state index contributed by atoms with van der Waals surface area (Å²) in [7, 11) is -2.24.